The standard InChI is InChI=1S/C19H25N5/c1-19(2,3)24-11-9-23(10-12-24)17(13-20)16-14-21-18(22-16)15-7-5-4-6-8-15/h4-8,14,17H,9-12H2,1-3H3,(H,21,22). The summed E-state index contributed by atoms with van der Waals surface area (Å²) in [5.74, 6) is 0.819. The zero-order valence-corrected chi connectivity index (χ0v) is 14.7. The summed E-state index contributed by atoms with van der Waals surface area (Å²) in [6.45, 7) is 10.5. The fourth-order valence-electron chi connectivity index (χ4n) is 3.22. The van der Waals surface area contributed by atoms with Crippen molar-refractivity contribution >= 4 is 0 Å². The van der Waals surface area contributed by atoms with Gasteiger partial charge in [0.25, 0.3) is 0 Å². The largest absolute Gasteiger partial charge is 0.340 e. The first-order valence-corrected chi connectivity index (χ1v) is 8.48. The third-order valence-electron chi connectivity index (χ3n) is 4.69. The highest BCUT2D eigenvalue weighted by molar-refractivity contribution is 5.55. The Hall–Kier alpha value is -2.16. The Morgan fingerprint density at radius 2 is 1.79 bits per heavy atom. The van der Waals surface area contributed by atoms with Crippen molar-refractivity contribution in [2.24, 2.45) is 0 Å². The van der Waals surface area contributed by atoms with Gasteiger partial charge < -0.3 is 4.98 Å². The predicted octanol–water partition coefficient (Wildman–Crippen LogP) is 3.06. The van der Waals surface area contributed by atoms with E-state index in [2.05, 4.69) is 46.6 Å². The van der Waals surface area contributed by atoms with Crippen LogP contribution in [0.2, 0.25) is 0 Å². The number of nitrogens with zero attached hydrogens (tertiary/aromatic N) is 4. The molecule has 1 aliphatic heterocycles. The van der Waals surface area contributed by atoms with Gasteiger partial charge in [0, 0.05) is 37.3 Å². The molecule has 1 aromatic carbocycles. The van der Waals surface area contributed by atoms with Gasteiger partial charge in [-0.2, -0.15) is 5.26 Å². The van der Waals surface area contributed by atoms with Crippen LogP contribution in [-0.4, -0.2) is 51.5 Å². The lowest BCUT2D eigenvalue weighted by Gasteiger charge is -2.43. The molecule has 1 aromatic heterocycles. The summed E-state index contributed by atoms with van der Waals surface area (Å²) < 4.78 is 0. The van der Waals surface area contributed by atoms with E-state index in [9.17, 15) is 5.26 Å². The third-order valence-corrected chi connectivity index (χ3v) is 4.69. The van der Waals surface area contributed by atoms with E-state index < -0.39 is 0 Å². The number of H-pyrrole nitrogens is 1. The van der Waals surface area contributed by atoms with E-state index >= 15 is 0 Å². The Morgan fingerprint density at radius 3 is 2.38 bits per heavy atom. The van der Waals surface area contributed by atoms with Crippen molar-refractivity contribution in [2.75, 3.05) is 26.2 Å². The van der Waals surface area contributed by atoms with E-state index in [4.69, 9.17) is 0 Å². The molecule has 5 nitrogen and oxygen atoms in total. The number of aromatic nitrogens is 2. The van der Waals surface area contributed by atoms with E-state index in [0.29, 0.717) is 0 Å². The lowest BCUT2D eigenvalue weighted by Crippen LogP contribution is -2.53. The van der Waals surface area contributed by atoms with E-state index in [1.54, 1.807) is 6.20 Å². The van der Waals surface area contributed by atoms with Crippen LogP contribution < -0.4 is 0 Å². The number of piperazine rings is 1. The molecule has 1 atom stereocenters. The van der Waals surface area contributed by atoms with Gasteiger partial charge in [0.1, 0.15) is 11.9 Å². The number of nitrogens with one attached hydrogen (secondary N) is 1. The summed E-state index contributed by atoms with van der Waals surface area (Å²) in [6, 6.07) is 12.2. The van der Waals surface area contributed by atoms with Gasteiger partial charge in [-0.3, -0.25) is 9.80 Å². The SMILES string of the molecule is CC(C)(C)N1CCN(C(C#N)c2cnc(-c3ccccc3)[nH]2)CC1. The Bertz CT molecular complexity index is 699. The molecule has 1 aliphatic rings. The Labute approximate surface area is 143 Å². The maximum absolute atomic E-state index is 9.68. The molecule has 0 saturated carbocycles. The molecule has 5 heteroatoms. The number of rotatable bonds is 3. The number of hydrogen-bond acceptors (Lipinski definition) is 4. The van der Waals surface area contributed by atoms with Crippen molar-refractivity contribution in [1.29, 1.82) is 5.26 Å². The van der Waals surface area contributed by atoms with E-state index in [1.807, 2.05) is 30.3 Å². The summed E-state index contributed by atoms with van der Waals surface area (Å²) >= 11 is 0. The molecule has 0 spiro atoms. The van der Waals surface area contributed by atoms with Gasteiger partial charge >= 0.3 is 0 Å². The van der Waals surface area contributed by atoms with Gasteiger partial charge in [-0.15, -0.1) is 0 Å². The smallest absolute Gasteiger partial charge is 0.140 e. The normalized spacial score (nSPS) is 18.2. The van der Waals surface area contributed by atoms with Crippen molar-refractivity contribution in [3.05, 3.63) is 42.2 Å². The predicted molar refractivity (Wildman–Crippen MR) is 95.3 cm³/mol. The second-order valence-corrected chi connectivity index (χ2v) is 7.28. The second kappa shape index (κ2) is 6.76. The van der Waals surface area contributed by atoms with Crippen LogP contribution in [0.5, 0.6) is 0 Å². The molecular formula is C19H25N5. The molecule has 1 N–H and O–H groups in total. The van der Waals surface area contributed by atoms with Crippen LogP contribution in [-0.2, 0) is 0 Å². The lowest BCUT2D eigenvalue weighted by molar-refractivity contribution is 0.0514. The molecular weight excluding hydrogens is 298 g/mol. The van der Waals surface area contributed by atoms with Gasteiger partial charge in [-0.1, -0.05) is 30.3 Å². The Kier molecular flexibility index (Phi) is 4.70. The van der Waals surface area contributed by atoms with E-state index in [0.717, 1.165) is 43.3 Å². The Balaban J connectivity index is 1.72. The summed E-state index contributed by atoms with van der Waals surface area (Å²) in [5, 5.41) is 9.68. The molecule has 1 unspecified atom stereocenters. The summed E-state index contributed by atoms with van der Waals surface area (Å²) in [6.07, 6.45) is 1.80. The zero-order chi connectivity index (χ0) is 17.2. The highest BCUT2D eigenvalue weighted by Crippen LogP contribution is 2.25. The van der Waals surface area contributed by atoms with Gasteiger partial charge in [-0.05, 0) is 20.8 Å². The Morgan fingerprint density at radius 1 is 1.12 bits per heavy atom. The molecule has 0 bridgehead atoms. The minimum absolute atomic E-state index is 0.183. The van der Waals surface area contributed by atoms with Crippen molar-refractivity contribution in [2.45, 2.75) is 32.4 Å². The average Bonchev–Trinajstić information content (AvgIpc) is 3.06. The van der Waals surface area contributed by atoms with Crippen LogP contribution in [0, 0.1) is 11.3 Å². The highest BCUT2D eigenvalue weighted by Gasteiger charge is 2.30. The van der Waals surface area contributed by atoms with Crippen molar-refractivity contribution in [3.8, 4) is 17.5 Å². The van der Waals surface area contributed by atoms with Crippen molar-refractivity contribution in [3.63, 3.8) is 0 Å². The number of nitriles is 1. The first-order chi connectivity index (χ1) is 11.5. The van der Waals surface area contributed by atoms with Crippen molar-refractivity contribution in [1.82, 2.24) is 19.8 Å². The number of hydrogen-bond donors (Lipinski definition) is 1. The van der Waals surface area contributed by atoms with Gasteiger partial charge in [-0.25, -0.2) is 4.98 Å². The van der Waals surface area contributed by atoms with Crippen molar-refractivity contribution < 1.29 is 0 Å². The van der Waals surface area contributed by atoms with Gasteiger partial charge in [0.15, 0.2) is 0 Å². The molecule has 1 fully saturated rings. The average molecular weight is 323 g/mol. The summed E-state index contributed by atoms with van der Waals surface area (Å²) in [5.41, 5.74) is 2.10. The molecule has 126 valence electrons. The second-order valence-electron chi connectivity index (χ2n) is 7.28. The number of aromatic amines is 1. The van der Waals surface area contributed by atoms with E-state index in [-0.39, 0.29) is 11.6 Å². The molecule has 0 radical (unpaired) electrons. The summed E-state index contributed by atoms with van der Waals surface area (Å²) in [7, 11) is 0. The van der Waals surface area contributed by atoms with Gasteiger partial charge in [0.2, 0.25) is 0 Å². The van der Waals surface area contributed by atoms with Crippen LogP contribution in [0.1, 0.15) is 32.5 Å². The molecule has 3 rings (SSSR count). The maximum Gasteiger partial charge on any atom is 0.140 e. The molecule has 0 amide bonds. The quantitative estimate of drug-likeness (QED) is 0.943. The lowest BCUT2D eigenvalue weighted by atomic mass is 10.0. The van der Waals surface area contributed by atoms with Crippen LogP contribution >= 0.6 is 0 Å². The fraction of sp³-hybridized carbons (Fsp3) is 0.474. The minimum atomic E-state index is -0.267. The summed E-state index contributed by atoms with van der Waals surface area (Å²) in [4.78, 5) is 12.5. The monoisotopic (exact) mass is 323 g/mol. The number of imidazole rings is 1. The maximum atomic E-state index is 9.68. The fourth-order valence-corrected chi connectivity index (χ4v) is 3.22. The van der Waals surface area contributed by atoms with Crippen LogP contribution in [0.25, 0.3) is 11.4 Å². The molecule has 2 aromatic rings. The minimum Gasteiger partial charge on any atom is -0.340 e. The van der Waals surface area contributed by atoms with Crippen LogP contribution in [0.4, 0.5) is 0 Å². The third kappa shape index (κ3) is 3.50. The topological polar surface area (TPSA) is 58.9 Å². The number of benzene rings is 1. The van der Waals surface area contributed by atoms with Crippen LogP contribution in [0.15, 0.2) is 36.5 Å². The van der Waals surface area contributed by atoms with E-state index in [1.165, 1.54) is 0 Å². The molecule has 2 heterocycles. The zero-order valence-electron chi connectivity index (χ0n) is 14.7. The first kappa shape index (κ1) is 16.7. The highest BCUT2D eigenvalue weighted by atomic mass is 15.3. The first-order valence-electron chi connectivity index (χ1n) is 8.48. The molecule has 1 saturated heterocycles. The van der Waals surface area contributed by atoms with Gasteiger partial charge in [0.05, 0.1) is 18.0 Å². The molecule has 24 heavy (non-hydrogen) atoms. The van der Waals surface area contributed by atoms with Crippen LogP contribution in [0.3, 0.4) is 0 Å². The molecule has 0 aliphatic carbocycles.